The Morgan fingerprint density at radius 3 is 2.24 bits per heavy atom. The van der Waals surface area contributed by atoms with Crippen LogP contribution in [0.5, 0.6) is 0 Å². The van der Waals surface area contributed by atoms with E-state index in [1.807, 2.05) is 37.3 Å². The van der Waals surface area contributed by atoms with Crippen LogP contribution in [0, 0.1) is 6.92 Å². The van der Waals surface area contributed by atoms with Crippen molar-refractivity contribution in [2.24, 2.45) is 0 Å². The predicted octanol–water partition coefficient (Wildman–Crippen LogP) is 4.48. The Morgan fingerprint density at radius 1 is 1.04 bits per heavy atom. The highest BCUT2D eigenvalue weighted by Gasteiger charge is 2.20. The molecule has 4 heteroatoms. The largest absolute Gasteiger partial charge is 0.449 e. The molecule has 4 nitrogen and oxygen atoms in total. The molecule has 0 radical (unpaired) electrons. The lowest BCUT2D eigenvalue weighted by atomic mass is 9.87. The van der Waals surface area contributed by atoms with Crippen LogP contribution in [-0.2, 0) is 14.9 Å². The molecule has 0 saturated carbocycles. The summed E-state index contributed by atoms with van der Waals surface area (Å²) >= 11 is 0. The fourth-order valence-electron chi connectivity index (χ4n) is 2.36. The van der Waals surface area contributed by atoms with Crippen LogP contribution in [0.15, 0.2) is 48.5 Å². The van der Waals surface area contributed by atoms with Crippen molar-refractivity contribution >= 4 is 17.6 Å². The first-order valence-corrected chi connectivity index (χ1v) is 8.36. The Morgan fingerprint density at radius 2 is 1.68 bits per heavy atom. The van der Waals surface area contributed by atoms with Crippen molar-refractivity contribution in [1.29, 1.82) is 0 Å². The molecule has 0 bridgehead atoms. The number of esters is 1. The van der Waals surface area contributed by atoms with Gasteiger partial charge in [-0.3, -0.25) is 4.79 Å². The van der Waals surface area contributed by atoms with E-state index in [1.165, 1.54) is 0 Å². The van der Waals surface area contributed by atoms with E-state index in [4.69, 9.17) is 4.74 Å². The van der Waals surface area contributed by atoms with Gasteiger partial charge in [-0.15, -0.1) is 0 Å². The second-order valence-corrected chi connectivity index (χ2v) is 7.23. The van der Waals surface area contributed by atoms with E-state index >= 15 is 0 Å². The number of aryl methyl sites for hydroxylation is 1. The molecule has 0 aromatic heterocycles. The van der Waals surface area contributed by atoms with Gasteiger partial charge in [0.1, 0.15) is 0 Å². The minimum Gasteiger partial charge on any atom is -0.449 e. The van der Waals surface area contributed by atoms with E-state index < -0.39 is 12.1 Å². The monoisotopic (exact) mass is 339 g/mol. The van der Waals surface area contributed by atoms with Crippen LogP contribution in [0.2, 0.25) is 0 Å². The standard InChI is InChI=1S/C21H25NO3/c1-14-7-6-8-18(13-14)22-19(23)15(2)25-20(24)16-9-11-17(12-10-16)21(3,4)5/h6-13,15H,1-5H3,(H,22,23)/t15-/m1/s1. The number of amides is 1. The van der Waals surface area contributed by atoms with Gasteiger partial charge in [0.15, 0.2) is 6.10 Å². The first-order chi connectivity index (χ1) is 11.7. The summed E-state index contributed by atoms with van der Waals surface area (Å²) in [5.74, 6) is -0.863. The minimum absolute atomic E-state index is 0.0173. The Labute approximate surface area is 149 Å². The number of benzene rings is 2. The minimum atomic E-state index is -0.879. The predicted molar refractivity (Wildman–Crippen MR) is 99.8 cm³/mol. The third-order valence-corrected chi connectivity index (χ3v) is 3.93. The molecule has 1 atom stereocenters. The number of nitrogens with one attached hydrogen (secondary N) is 1. The Bertz CT molecular complexity index is 757. The van der Waals surface area contributed by atoms with Gasteiger partial charge in [0, 0.05) is 5.69 Å². The molecule has 2 rings (SSSR count). The lowest BCUT2D eigenvalue weighted by Gasteiger charge is -2.19. The molecule has 1 N–H and O–H groups in total. The van der Waals surface area contributed by atoms with Gasteiger partial charge in [0.2, 0.25) is 0 Å². The number of hydrogen-bond donors (Lipinski definition) is 1. The summed E-state index contributed by atoms with van der Waals surface area (Å²) in [6, 6.07) is 14.7. The molecule has 0 aliphatic carbocycles. The highest BCUT2D eigenvalue weighted by Crippen LogP contribution is 2.22. The van der Waals surface area contributed by atoms with Crippen molar-refractivity contribution in [3.8, 4) is 0 Å². The van der Waals surface area contributed by atoms with Crippen LogP contribution in [0.1, 0.15) is 49.2 Å². The van der Waals surface area contributed by atoms with Gasteiger partial charge in [0.25, 0.3) is 5.91 Å². The van der Waals surface area contributed by atoms with Crippen molar-refractivity contribution in [1.82, 2.24) is 0 Å². The maximum absolute atomic E-state index is 12.2. The second-order valence-electron chi connectivity index (χ2n) is 7.23. The lowest BCUT2D eigenvalue weighted by Crippen LogP contribution is -2.30. The van der Waals surface area contributed by atoms with Crippen LogP contribution in [-0.4, -0.2) is 18.0 Å². The number of carbonyl (C=O) groups is 2. The van der Waals surface area contributed by atoms with Gasteiger partial charge in [-0.05, 0) is 54.7 Å². The highest BCUT2D eigenvalue weighted by molar-refractivity contribution is 5.97. The molecule has 0 fully saturated rings. The number of carbonyl (C=O) groups excluding carboxylic acids is 2. The van der Waals surface area contributed by atoms with E-state index in [2.05, 4.69) is 26.1 Å². The molecule has 2 aromatic carbocycles. The number of ether oxygens (including phenoxy) is 1. The fraction of sp³-hybridized carbons (Fsp3) is 0.333. The average Bonchev–Trinajstić information content (AvgIpc) is 2.54. The van der Waals surface area contributed by atoms with E-state index in [-0.39, 0.29) is 11.3 Å². The third kappa shape index (κ3) is 5.18. The lowest BCUT2D eigenvalue weighted by molar-refractivity contribution is -0.123. The van der Waals surface area contributed by atoms with E-state index in [1.54, 1.807) is 25.1 Å². The molecule has 25 heavy (non-hydrogen) atoms. The van der Waals surface area contributed by atoms with Crippen molar-refractivity contribution < 1.29 is 14.3 Å². The topological polar surface area (TPSA) is 55.4 Å². The Kier molecular flexibility index (Phi) is 5.62. The van der Waals surface area contributed by atoms with Crippen molar-refractivity contribution in [2.45, 2.75) is 46.1 Å². The smallest absolute Gasteiger partial charge is 0.338 e. The molecule has 1 amide bonds. The molecule has 0 saturated heterocycles. The summed E-state index contributed by atoms with van der Waals surface area (Å²) in [7, 11) is 0. The molecule has 0 aliphatic rings. The van der Waals surface area contributed by atoms with Crippen molar-refractivity contribution in [3.05, 3.63) is 65.2 Å². The van der Waals surface area contributed by atoms with E-state index in [9.17, 15) is 9.59 Å². The Balaban J connectivity index is 1.98. The summed E-state index contributed by atoms with van der Waals surface area (Å²) in [5.41, 5.74) is 3.31. The van der Waals surface area contributed by atoms with Gasteiger partial charge in [-0.2, -0.15) is 0 Å². The summed E-state index contributed by atoms with van der Waals surface area (Å²) in [4.78, 5) is 24.4. The van der Waals surface area contributed by atoms with Crippen molar-refractivity contribution in [2.75, 3.05) is 5.32 Å². The maximum atomic E-state index is 12.2. The average molecular weight is 339 g/mol. The summed E-state index contributed by atoms with van der Waals surface area (Å²) in [6.07, 6.45) is -0.879. The zero-order valence-corrected chi connectivity index (χ0v) is 15.4. The first kappa shape index (κ1) is 18.7. The van der Waals surface area contributed by atoms with Gasteiger partial charge < -0.3 is 10.1 Å². The summed E-state index contributed by atoms with van der Waals surface area (Å²) < 4.78 is 5.28. The number of anilines is 1. The molecule has 132 valence electrons. The first-order valence-electron chi connectivity index (χ1n) is 8.36. The molecular weight excluding hydrogens is 314 g/mol. The van der Waals surface area contributed by atoms with Gasteiger partial charge in [-0.1, -0.05) is 45.0 Å². The maximum Gasteiger partial charge on any atom is 0.338 e. The SMILES string of the molecule is Cc1cccc(NC(=O)[C@@H](C)OC(=O)c2ccc(C(C)(C)C)cc2)c1. The second kappa shape index (κ2) is 7.51. The summed E-state index contributed by atoms with van der Waals surface area (Å²) in [6.45, 7) is 9.83. The third-order valence-electron chi connectivity index (χ3n) is 3.93. The van der Waals surface area contributed by atoms with E-state index in [0.717, 1.165) is 11.1 Å². The van der Waals surface area contributed by atoms with Crippen LogP contribution >= 0.6 is 0 Å². The number of rotatable bonds is 4. The van der Waals surface area contributed by atoms with Crippen LogP contribution in [0.25, 0.3) is 0 Å². The van der Waals surface area contributed by atoms with Gasteiger partial charge in [0.05, 0.1) is 5.56 Å². The molecule has 0 unspecified atom stereocenters. The molecule has 0 spiro atoms. The summed E-state index contributed by atoms with van der Waals surface area (Å²) in [5, 5.41) is 2.75. The van der Waals surface area contributed by atoms with Crippen LogP contribution in [0.3, 0.4) is 0 Å². The zero-order valence-electron chi connectivity index (χ0n) is 15.4. The van der Waals surface area contributed by atoms with E-state index in [0.29, 0.717) is 11.3 Å². The van der Waals surface area contributed by atoms with Crippen LogP contribution < -0.4 is 5.32 Å². The molecule has 0 aliphatic heterocycles. The van der Waals surface area contributed by atoms with Crippen LogP contribution in [0.4, 0.5) is 5.69 Å². The van der Waals surface area contributed by atoms with Gasteiger partial charge in [-0.25, -0.2) is 4.79 Å². The number of hydrogen-bond acceptors (Lipinski definition) is 3. The highest BCUT2D eigenvalue weighted by atomic mass is 16.5. The van der Waals surface area contributed by atoms with Crippen molar-refractivity contribution in [3.63, 3.8) is 0 Å². The van der Waals surface area contributed by atoms with Gasteiger partial charge >= 0.3 is 5.97 Å². The fourth-order valence-corrected chi connectivity index (χ4v) is 2.36. The molecular formula is C21H25NO3. The molecule has 2 aromatic rings. The Hall–Kier alpha value is -2.62. The zero-order chi connectivity index (χ0) is 18.6. The quantitative estimate of drug-likeness (QED) is 0.836. The normalized spacial score (nSPS) is 12.4. The molecule has 0 heterocycles.